The first-order chi connectivity index (χ1) is 7.65. The van der Waals surface area contributed by atoms with Gasteiger partial charge < -0.3 is 10.0 Å². The molecule has 0 amide bonds. The predicted octanol–water partition coefficient (Wildman–Crippen LogP) is 2.00. The van der Waals surface area contributed by atoms with Crippen LogP contribution in [0.25, 0.3) is 0 Å². The fourth-order valence-electron chi connectivity index (χ4n) is 3.41. The molecule has 2 fully saturated rings. The molecule has 0 aliphatic heterocycles. The maximum absolute atomic E-state index is 10.3. The van der Waals surface area contributed by atoms with Crippen molar-refractivity contribution < 1.29 is 9.90 Å². The number of rotatable bonds is 5. The lowest BCUT2D eigenvalue weighted by Gasteiger charge is -2.26. The van der Waals surface area contributed by atoms with Gasteiger partial charge in [-0.2, -0.15) is 0 Å². The molecule has 16 heavy (non-hydrogen) atoms. The summed E-state index contributed by atoms with van der Waals surface area (Å²) >= 11 is 0. The minimum absolute atomic E-state index is 0.750. The molecule has 0 radical (unpaired) electrons. The van der Waals surface area contributed by atoms with Gasteiger partial charge in [0, 0.05) is 19.2 Å². The third-order valence-corrected chi connectivity index (χ3v) is 4.11. The summed E-state index contributed by atoms with van der Waals surface area (Å²) in [6.07, 6.45) is 8.69. The van der Waals surface area contributed by atoms with E-state index in [0.29, 0.717) is 0 Å². The number of fused-ring (bicyclic) bond motifs is 2. The van der Waals surface area contributed by atoms with Crippen molar-refractivity contribution in [1.82, 2.24) is 4.90 Å². The van der Waals surface area contributed by atoms with Crippen LogP contribution < -0.4 is 0 Å². The molecule has 0 aromatic heterocycles. The highest BCUT2D eigenvalue weighted by Gasteiger charge is 2.39. The molecule has 1 N–H and O–H groups in total. The maximum Gasteiger partial charge on any atom is 0.328 e. The van der Waals surface area contributed by atoms with Crippen LogP contribution in [0.4, 0.5) is 0 Å². The van der Waals surface area contributed by atoms with Gasteiger partial charge in [0.25, 0.3) is 0 Å². The molecular formula is C13H21NO2. The highest BCUT2D eigenvalue weighted by molar-refractivity contribution is 5.79. The lowest BCUT2D eigenvalue weighted by molar-refractivity contribution is -0.131. The van der Waals surface area contributed by atoms with Crippen LogP contribution in [0.2, 0.25) is 0 Å². The van der Waals surface area contributed by atoms with E-state index in [1.165, 1.54) is 31.8 Å². The Morgan fingerprint density at radius 3 is 2.81 bits per heavy atom. The summed E-state index contributed by atoms with van der Waals surface area (Å²) in [5.41, 5.74) is 0. The summed E-state index contributed by atoms with van der Waals surface area (Å²) < 4.78 is 0. The Labute approximate surface area is 97.1 Å². The first-order valence-corrected chi connectivity index (χ1v) is 6.23. The zero-order valence-corrected chi connectivity index (χ0v) is 9.93. The van der Waals surface area contributed by atoms with Crippen molar-refractivity contribution in [2.75, 3.05) is 20.1 Å². The van der Waals surface area contributed by atoms with Crippen molar-refractivity contribution in [1.29, 1.82) is 0 Å². The molecule has 2 rings (SSSR count). The van der Waals surface area contributed by atoms with Crippen LogP contribution in [0.15, 0.2) is 12.2 Å². The smallest absolute Gasteiger partial charge is 0.328 e. The molecule has 2 bridgehead atoms. The second-order valence-corrected chi connectivity index (χ2v) is 5.40. The molecule has 0 aromatic rings. The molecule has 3 unspecified atom stereocenters. The monoisotopic (exact) mass is 223 g/mol. The van der Waals surface area contributed by atoms with Crippen LogP contribution in [0.3, 0.4) is 0 Å². The third kappa shape index (κ3) is 2.85. The van der Waals surface area contributed by atoms with Crippen molar-refractivity contribution in [2.24, 2.45) is 17.8 Å². The average molecular weight is 223 g/mol. The first-order valence-electron chi connectivity index (χ1n) is 6.23. The van der Waals surface area contributed by atoms with Crippen LogP contribution in [0.1, 0.15) is 25.7 Å². The third-order valence-electron chi connectivity index (χ3n) is 4.11. The number of carboxylic acids is 1. The highest BCUT2D eigenvalue weighted by atomic mass is 16.4. The lowest BCUT2D eigenvalue weighted by atomic mass is 9.88. The van der Waals surface area contributed by atoms with Crippen LogP contribution in [0, 0.1) is 17.8 Å². The van der Waals surface area contributed by atoms with Crippen LogP contribution in [0.5, 0.6) is 0 Å². The van der Waals surface area contributed by atoms with Gasteiger partial charge in [0.15, 0.2) is 0 Å². The zero-order valence-electron chi connectivity index (χ0n) is 9.93. The van der Waals surface area contributed by atoms with Gasteiger partial charge in [-0.1, -0.05) is 12.5 Å². The van der Waals surface area contributed by atoms with E-state index < -0.39 is 5.97 Å². The van der Waals surface area contributed by atoms with Crippen molar-refractivity contribution in [2.45, 2.75) is 25.7 Å². The standard InChI is InChI=1S/C13H21NO2/c1-14(6-2-3-13(15)16)9-12-8-10-4-5-11(12)7-10/h2-3,10-12H,4-9H2,1H3,(H,15,16). The van der Waals surface area contributed by atoms with Crippen LogP contribution in [-0.4, -0.2) is 36.1 Å². The molecule has 0 saturated heterocycles. The summed E-state index contributed by atoms with van der Waals surface area (Å²) in [6, 6.07) is 0. The number of carbonyl (C=O) groups is 1. The Morgan fingerprint density at radius 2 is 2.25 bits per heavy atom. The summed E-state index contributed by atoms with van der Waals surface area (Å²) in [7, 11) is 2.08. The van der Waals surface area contributed by atoms with E-state index in [9.17, 15) is 4.79 Å². The van der Waals surface area contributed by atoms with E-state index in [-0.39, 0.29) is 0 Å². The van der Waals surface area contributed by atoms with Crippen molar-refractivity contribution >= 4 is 5.97 Å². The Hall–Kier alpha value is -0.830. The number of aliphatic carboxylic acids is 1. The van der Waals surface area contributed by atoms with E-state index >= 15 is 0 Å². The normalized spacial score (nSPS) is 33.0. The average Bonchev–Trinajstić information content (AvgIpc) is 2.78. The van der Waals surface area contributed by atoms with Gasteiger partial charge >= 0.3 is 5.97 Å². The van der Waals surface area contributed by atoms with Crippen LogP contribution >= 0.6 is 0 Å². The van der Waals surface area contributed by atoms with E-state index in [1.54, 1.807) is 6.08 Å². The maximum atomic E-state index is 10.3. The molecule has 90 valence electrons. The Bertz CT molecular complexity index is 288. The second kappa shape index (κ2) is 5.00. The fraction of sp³-hybridized carbons (Fsp3) is 0.769. The summed E-state index contributed by atoms with van der Waals surface area (Å²) in [5.74, 6) is 1.96. The topological polar surface area (TPSA) is 40.5 Å². The second-order valence-electron chi connectivity index (χ2n) is 5.40. The molecule has 3 heteroatoms. The number of hydrogen-bond acceptors (Lipinski definition) is 2. The first kappa shape index (κ1) is 11.6. The van der Waals surface area contributed by atoms with Gasteiger partial charge in [-0.05, 0) is 44.1 Å². The van der Waals surface area contributed by atoms with E-state index in [4.69, 9.17) is 5.11 Å². The molecule has 3 atom stereocenters. The van der Waals surface area contributed by atoms with Crippen molar-refractivity contribution in [3.8, 4) is 0 Å². The van der Waals surface area contributed by atoms with Crippen molar-refractivity contribution in [3.05, 3.63) is 12.2 Å². The zero-order chi connectivity index (χ0) is 11.5. The number of carboxylic acid groups (broad SMARTS) is 1. The van der Waals surface area contributed by atoms with Crippen molar-refractivity contribution in [3.63, 3.8) is 0 Å². The van der Waals surface area contributed by atoms with Gasteiger partial charge in [0.05, 0.1) is 0 Å². The van der Waals surface area contributed by atoms with Crippen LogP contribution in [-0.2, 0) is 4.79 Å². The molecule has 3 nitrogen and oxygen atoms in total. The largest absolute Gasteiger partial charge is 0.478 e. The van der Waals surface area contributed by atoms with E-state index in [1.807, 2.05) is 0 Å². The molecule has 0 aromatic carbocycles. The van der Waals surface area contributed by atoms with E-state index in [2.05, 4.69) is 11.9 Å². The summed E-state index contributed by atoms with van der Waals surface area (Å²) in [4.78, 5) is 12.6. The SMILES string of the molecule is CN(CC=CC(=O)O)CC1CC2CCC1C2. The summed E-state index contributed by atoms with van der Waals surface area (Å²) in [6.45, 7) is 1.88. The molecular weight excluding hydrogens is 202 g/mol. The molecule has 2 aliphatic carbocycles. The number of nitrogens with zero attached hydrogens (tertiary/aromatic N) is 1. The van der Waals surface area contributed by atoms with Gasteiger partial charge in [0.1, 0.15) is 0 Å². The molecule has 2 saturated carbocycles. The molecule has 0 heterocycles. The summed E-state index contributed by atoms with van der Waals surface area (Å²) in [5, 5.41) is 8.49. The minimum atomic E-state index is -0.853. The number of hydrogen-bond donors (Lipinski definition) is 1. The van der Waals surface area contributed by atoms with E-state index in [0.717, 1.165) is 30.8 Å². The Morgan fingerprint density at radius 1 is 1.44 bits per heavy atom. The van der Waals surface area contributed by atoms with Gasteiger partial charge in [0.2, 0.25) is 0 Å². The Kier molecular flexibility index (Phi) is 3.64. The van der Waals surface area contributed by atoms with Gasteiger partial charge in [-0.25, -0.2) is 4.79 Å². The quantitative estimate of drug-likeness (QED) is 0.725. The molecule has 0 spiro atoms. The fourth-order valence-corrected chi connectivity index (χ4v) is 3.41. The Balaban J connectivity index is 1.71. The lowest BCUT2D eigenvalue weighted by Crippen LogP contribution is -2.28. The van der Waals surface area contributed by atoms with Gasteiger partial charge in [-0.3, -0.25) is 0 Å². The highest BCUT2D eigenvalue weighted by Crippen LogP contribution is 2.48. The predicted molar refractivity (Wildman–Crippen MR) is 63.2 cm³/mol. The number of likely N-dealkylation sites (N-methyl/N-ethyl adjacent to an activating group) is 1. The molecule has 2 aliphatic rings. The van der Waals surface area contributed by atoms with Gasteiger partial charge in [-0.15, -0.1) is 0 Å². The minimum Gasteiger partial charge on any atom is -0.478 e.